The van der Waals surface area contributed by atoms with Crippen molar-refractivity contribution >= 4 is 33.4 Å². The number of alkyl halides is 3. The normalized spacial score (nSPS) is 15.1. The number of aliphatic hydroxyl groups excluding tert-OH is 1. The van der Waals surface area contributed by atoms with Gasteiger partial charge in [0.25, 0.3) is 0 Å². The summed E-state index contributed by atoms with van der Waals surface area (Å²) in [4.78, 5) is 0. The molecule has 1 rings (SSSR count). The second kappa shape index (κ2) is 6.85. The van der Waals surface area contributed by atoms with E-state index >= 15 is 0 Å². The van der Waals surface area contributed by atoms with E-state index in [9.17, 15) is 18.3 Å². The molecule has 0 amide bonds. The zero-order valence-electron chi connectivity index (χ0n) is 10.5. The Balaban J connectivity index is 2.86. The van der Waals surface area contributed by atoms with Crippen LogP contribution in [0.15, 0.2) is 22.7 Å². The molecule has 0 aliphatic heterocycles. The van der Waals surface area contributed by atoms with Crippen LogP contribution in [0.3, 0.4) is 0 Å². The molecule has 1 aromatic rings. The van der Waals surface area contributed by atoms with Crippen molar-refractivity contribution in [2.45, 2.75) is 24.4 Å². The molecular formula is C12H15BrF3NOS. The summed E-state index contributed by atoms with van der Waals surface area (Å²) in [5, 5.41) is 12.2. The van der Waals surface area contributed by atoms with E-state index in [-0.39, 0.29) is 17.9 Å². The predicted molar refractivity (Wildman–Crippen MR) is 76.6 cm³/mol. The van der Waals surface area contributed by atoms with Gasteiger partial charge in [-0.1, -0.05) is 0 Å². The van der Waals surface area contributed by atoms with Gasteiger partial charge in [-0.15, -0.1) is 0 Å². The van der Waals surface area contributed by atoms with E-state index < -0.39 is 11.7 Å². The highest BCUT2D eigenvalue weighted by Crippen LogP contribution is 2.34. The minimum Gasteiger partial charge on any atom is -0.395 e. The molecule has 2 atom stereocenters. The van der Waals surface area contributed by atoms with Gasteiger partial charge in [-0.05, 0) is 47.3 Å². The highest BCUT2D eigenvalue weighted by atomic mass is 79.9. The molecular weight excluding hydrogens is 343 g/mol. The summed E-state index contributed by atoms with van der Waals surface area (Å²) >= 11 is 4.63. The van der Waals surface area contributed by atoms with Gasteiger partial charge >= 0.3 is 6.18 Å². The van der Waals surface area contributed by atoms with Crippen LogP contribution in [-0.2, 0) is 6.18 Å². The maximum absolute atomic E-state index is 12.5. The molecule has 0 fully saturated rings. The van der Waals surface area contributed by atoms with Crippen LogP contribution >= 0.6 is 27.7 Å². The lowest BCUT2D eigenvalue weighted by Gasteiger charge is -2.23. The summed E-state index contributed by atoms with van der Waals surface area (Å²) in [6, 6.07) is 3.40. The third kappa shape index (κ3) is 4.57. The lowest BCUT2D eigenvalue weighted by molar-refractivity contribution is -0.137. The van der Waals surface area contributed by atoms with E-state index in [1.54, 1.807) is 0 Å². The smallest absolute Gasteiger partial charge is 0.395 e. The van der Waals surface area contributed by atoms with Crippen LogP contribution in [0.1, 0.15) is 12.5 Å². The first kappa shape index (κ1) is 16.7. The molecule has 1 aromatic carbocycles. The van der Waals surface area contributed by atoms with Gasteiger partial charge in [0.05, 0.1) is 12.2 Å². The van der Waals surface area contributed by atoms with Crippen LogP contribution in [0.2, 0.25) is 0 Å². The van der Waals surface area contributed by atoms with Crippen molar-refractivity contribution < 1.29 is 18.3 Å². The second-order valence-electron chi connectivity index (χ2n) is 4.08. The zero-order valence-corrected chi connectivity index (χ0v) is 12.9. The van der Waals surface area contributed by atoms with Gasteiger partial charge in [0.1, 0.15) is 0 Å². The van der Waals surface area contributed by atoms with Gasteiger partial charge in [-0.3, -0.25) is 0 Å². The molecule has 108 valence electrons. The lowest BCUT2D eigenvalue weighted by atomic mass is 10.1. The van der Waals surface area contributed by atoms with Gasteiger partial charge in [-0.2, -0.15) is 24.9 Å². The number of benzene rings is 1. The van der Waals surface area contributed by atoms with Crippen molar-refractivity contribution in [3.05, 3.63) is 28.2 Å². The van der Waals surface area contributed by atoms with E-state index in [2.05, 4.69) is 21.2 Å². The van der Waals surface area contributed by atoms with Crippen molar-refractivity contribution in [3.63, 3.8) is 0 Å². The zero-order chi connectivity index (χ0) is 14.6. The summed E-state index contributed by atoms with van der Waals surface area (Å²) in [7, 11) is 0. The Morgan fingerprint density at radius 3 is 2.47 bits per heavy atom. The summed E-state index contributed by atoms with van der Waals surface area (Å²) < 4.78 is 37.9. The molecule has 2 nitrogen and oxygen atoms in total. The Kier molecular flexibility index (Phi) is 6.01. The standard InChI is InChI=1S/C12H15BrF3NOS/c1-7(11(6-18)19-2)17-10-4-3-8(5-9(10)13)12(14,15)16/h3-5,7,11,17-18H,6H2,1-2H3. The Morgan fingerprint density at radius 2 is 2.05 bits per heavy atom. The van der Waals surface area contributed by atoms with E-state index in [0.717, 1.165) is 12.1 Å². The van der Waals surface area contributed by atoms with Gasteiger partial charge in [0, 0.05) is 21.5 Å². The molecule has 19 heavy (non-hydrogen) atoms. The third-order valence-corrected chi connectivity index (χ3v) is 4.54. The fourth-order valence-electron chi connectivity index (χ4n) is 1.58. The minimum absolute atomic E-state index is 0.00753. The Morgan fingerprint density at radius 1 is 1.42 bits per heavy atom. The fourth-order valence-corrected chi connectivity index (χ4v) is 2.70. The maximum Gasteiger partial charge on any atom is 0.416 e. The molecule has 7 heteroatoms. The number of rotatable bonds is 5. The number of hydrogen-bond donors (Lipinski definition) is 2. The van der Waals surface area contributed by atoms with E-state index in [4.69, 9.17) is 0 Å². The molecule has 2 unspecified atom stereocenters. The Bertz CT molecular complexity index is 424. The number of aliphatic hydroxyl groups is 1. The molecule has 0 spiro atoms. The molecule has 0 saturated carbocycles. The summed E-state index contributed by atoms with van der Waals surface area (Å²) in [6.45, 7) is 1.88. The van der Waals surface area contributed by atoms with Crippen LogP contribution in [-0.4, -0.2) is 29.3 Å². The number of halogens is 4. The molecule has 0 aliphatic carbocycles. The van der Waals surface area contributed by atoms with E-state index in [0.29, 0.717) is 10.2 Å². The Labute approximate surface area is 122 Å². The van der Waals surface area contributed by atoms with Crippen LogP contribution in [0.25, 0.3) is 0 Å². The van der Waals surface area contributed by atoms with Crippen molar-refractivity contribution in [3.8, 4) is 0 Å². The first-order chi connectivity index (χ1) is 8.79. The van der Waals surface area contributed by atoms with Crippen molar-refractivity contribution in [1.82, 2.24) is 0 Å². The molecule has 0 saturated heterocycles. The van der Waals surface area contributed by atoms with Crippen LogP contribution < -0.4 is 5.32 Å². The Hall–Kier alpha value is -0.400. The maximum atomic E-state index is 12.5. The summed E-state index contributed by atoms with van der Waals surface area (Å²) in [5.41, 5.74) is -0.117. The molecule has 0 radical (unpaired) electrons. The summed E-state index contributed by atoms with van der Waals surface area (Å²) in [6.07, 6.45) is -2.47. The molecule has 2 N–H and O–H groups in total. The first-order valence-electron chi connectivity index (χ1n) is 5.56. The van der Waals surface area contributed by atoms with Gasteiger partial charge in [-0.25, -0.2) is 0 Å². The third-order valence-electron chi connectivity index (χ3n) is 2.72. The largest absolute Gasteiger partial charge is 0.416 e. The molecule has 0 bridgehead atoms. The fraction of sp³-hybridized carbons (Fsp3) is 0.500. The van der Waals surface area contributed by atoms with Crippen LogP contribution in [0, 0.1) is 0 Å². The van der Waals surface area contributed by atoms with E-state index in [1.165, 1.54) is 17.8 Å². The second-order valence-corrected chi connectivity index (χ2v) is 6.01. The number of thioether (sulfide) groups is 1. The van der Waals surface area contributed by atoms with Crippen molar-refractivity contribution in [2.24, 2.45) is 0 Å². The highest BCUT2D eigenvalue weighted by Gasteiger charge is 2.31. The van der Waals surface area contributed by atoms with Crippen molar-refractivity contribution in [1.29, 1.82) is 0 Å². The van der Waals surface area contributed by atoms with E-state index in [1.807, 2.05) is 13.2 Å². The quantitative estimate of drug-likeness (QED) is 0.835. The summed E-state index contributed by atoms with van der Waals surface area (Å²) in [5.74, 6) is 0. The van der Waals surface area contributed by atoms with Crippen LogP contribution in [0.5, 0.6) is 0 Å². The number of anilines is 1. The average Bonchev–Trinajstić information content (AvgIpc) is 2.32. The average molecular weight is 358 g/mol. The first-order valence-corrected chi connectivity index (χ1v) is 7.64. The lowest BCUT2D eigenvalue weighted by Crippen LogP contribution is -2.31. The minimum atomic E-state index is -4.35. The molecule has 0 aliphatic rings. The van der Waals surface area contributed by atoms with Gasteiger partial charge in [0.15, 0.2) is 0 Å². The molecule has 0 heterocycles. The highest BCUT2D eigenvalue weighted by molar-refractivity contribution is 9.10. The van der Waals surface area contributed by atoms with Gasteiger partial charge < -0.3 is 10.4 Å². The molecule has 0 aromatic heterocycles. The van der Waals surface area contributed by atoms with Crippen molar-refractivity contribution in [2.75, 3.05) is 18.2 Å². The predicted octanol–water partition coefficient (Wildman–Crippen LogP) is 3.99. The number of nitrogens with one attached hydrogen (secondary N) is 1. The monoisotopic (exact) mass is 357 g/mol. The SMILES string of the molecule is CSC(CO)C(C)Nc1ccc(C(F)(F)F)cc1Br. The van der Waals surface area contributed by atoms with Gasteiger partial charge in [0.2, 0.25) is 0 Å². The van der Waals surface area contributed by atoms with Crippen LogP contribution in [0.4, 0.5) is 18.9 Å². The topological polar surface area (TPSA) is 32.3 Å². The number of hydrogen-bond acceptors (Lipinski definition) is 3.